The van der Waals surface area contributed by atoms with E-state index in [1.165, 1.54) is 29.2 Å². The first-order valence-corrected chi connectivity index (χ1v) is 17.7. The average molecular weight is 725 g/mol. The van der Waals surface area contributed by atoms with Gasteiger partial charge in [0.05, 0.1) is 10.6 Å². The summed E-state index contributed by atoms with van der Waals surface area (Å²) in [5, 5.41) is 3.45. The third-order valence-electron chi connectivity index (χ3n) is 7.97. The third-order valence-corrected chi connectivity index (χ3v) is 10.5. The number of anilines is 1. The average Bonchev–Trinajstić information content (AvgIpc) is 3.03. The second kappa shape index (κ2) is 15.8. The van der Waals surface area contributed by atoms with Crippen LogP contribution in [0.2, 0.25) is 5.02 Å². The van der Waals surface area contributed by atoms with E-state index in [1.807, 2.05) is 88.4 Å². The molecule has 0 bridgehead atoms. The summed E-state index contributed by atoms with van der Waals surface area (Å²) >= 11 is 9.59. The molecule has 0 unspecified atom stereocenters. The molecule has 0 spiro atoms. The van der Waals surface area contributed by atoms with Crippen molar-refractivity contribution in [3.63, 3.8) is 0 Å². The Morgan fingerprint density at radius 3 is 2.17 bits per heavy atom. The maximum Gasteiger partial charge on any atom is 0.264 e. The minimum absolute atomic E-state index is 0.00295. The van der Waals surface area contributed by atoms with Gasteiger partial charge in [0.25, 0.3) is 10.0 Å². The Kier molecular flexibility index (Phi) is 12.1. The molecule has 0 aliphatic heterocycles. The molecule has 242 valence electrons. The van der Waals surface area contributed by atoms with Crippen molar-refractivity contribution in [2.24, 2.45) is 0 Å². The zero-order valence-corrected chi connectivity index (χ0v) is 29.6. The first-order valence-electron chi connectivity index (χ1n) is 15.1. The molecule has 10 heteroatoms. The number of nitrogens with one attached hydrogen (secondary N) is 1. The van der Waals surface area contributed by atoms with Gasteiger partial charge in [0, 0.05) is 28.5 Å². The molecule has 0 fully saturated rings. The Balaban J connectivity index is 1.83. The molecule has 0 saturated carbocycles. The molecule has 4 aromatic carbocycles. The van der Waals surface area contributed by atoms with Crippen LogP contribution in [-0.4, -0.2) is 43.8 Å². The summed E-state index contributed by atoms with van der Waals surface area (Å²) in [5.41, 5.74) is 3.87. The largest absolute Gasteiger partial charge is 0.352 e. The van der Waals surface area contributed by atoms with Crippen molar-refractivity contribution in [3.8, 4) is 0 Å². The Bertz CT molecular complexity index is 1770. The lowest BCUT2D eigenvalue weighted by molar-refractivity contribution is -0.140. The van der Waals surface area contributed by atoms with Gasteiger partial charge in [-0.3, -0.25) is 13.9 Å². The van der Waals surface area contributed by atoms with E-state index in [0.717, 1.165) is 31.0 Å². The minimum atomic E-state index is -4.22. The van der Waals surface area contributed by atoms with Crippen LogP contribution in [-0.2, 0) is 32.6 Å². The molecule has 4 aromatic rings. The van der Waals surface area contributed by atoms with E-state index in [1.54, 1.807) is 12.1 Å². The molecule has 46 heavy (non-hydrogen) atoms. The number of rotatable bonds is 13. The molecule has 0 saturated heterocycles. The van der Waals surface area contributed by atoms with E-state index < -0.39 is 28.5 Å². The predicted molar refractivity (Wildman–Crippen MR) is 188 cm³/mol. The smallest absolute Gasteiger partial charge is 0.264 e. The molecule has 2 atom stereocenters. The molecule has 0 heterocycles. The van der Waals surface area contributed by atoms with Gasteiger partial charge in [0.2, 0.25) is 11.8 Å². The summed E-state index contributed by atoms with van der Waals surface area (Å²) in [4.78, 5) is 30.0. The van der Waals surface area contributed by atoms with Crippen molar-refractivity contribution >= 4 is 55.1 Å². The van der Waals surface area contributed by atoms with Gasteiger partial charge in [0.15, 0.2) is 0 Å². The fourth-order valence-electron chi connectivity index (χ4n) is 4.97. The van der Waals surface area contributed by atoms with Crippen LogP contribution < -0.4 is 9.62 Å². The van der Waals surface area contributed by atoms with Crippen molar-refractivity contribution in [2.75, 3.05) is 10.8 Å². The fraction of sp³-hybridized carbons (Fsp3) is 0.278. The number of carbonyl (C=O) groups is 2. The van der Waals surface area contributed by atoms with Crippen LogP contribution in [0.25, 0.3) is 0 Å². The number of hydrogen-bond acceptors (Lipinski definition) is 4. The molecule has 4 rings (SSSR count). The zero-order chi connectivity index (χ0) is 33.4. The van der Waals surface area contributed by atoms with Crippen molar-refractivity contribution in [1.82, 2.24) is 10.2 Å². The number of hydrogen-bond donors (Lipinski definition) is 1. The molecule has 2 amide bonds. The Hall–Kier alpha value is -3.66. The SMILES string of the molecule is CC[C@@H](C)NC(=O)[C@H](Cc1ccccc1)N(Cc1cccc(Br)c1)C(=O)CN(c1ccc(C)c(C)c1)S(=O)(=O)c1ccc(Cl)cc1. The Labute approximate surface area is 285 Å². The highest BCUT2D eigenvalue weighted by Gasteiger charge is 2.35. The number of sulfonamides is 1. The lowest BCUT2D eigenvalue weighted by atomic mass is 10.0. The molecule has 1 N–H and O–H groups in total. The number of aryl methyl sites for hydroxylation is 2. The number of carbonyl (C=O) groups excluding carboxylic acids is 2. The van der Waals surface area contributed by atoms with Gasteiger partial charge in [-0.25, -0.2) is 8.42 Å². The van der Waals surface area contributed by atoms with Gasteiger partial charge in [-0.05, 0) is 98.0 Å². The van der Waals surface area contributed by atoms with Crippen molar-refractivity contribution in [2.45, 2.75) is 64.1 Å². The topological polar surface area (TPSA) is 86.8 Å². The van der Waals surface area contributed by atoms with Crippen LogP contribution in [0.5, 0.6) is 0 Å². The van der Waals surface area contributed by atoms with Gasteiger partial charge in [-0.2, -0.15) is 0 Å². The van der Waals surface area contributed by atoms with E-state index in [4.69, 9.17) is 11.6 Å². The van der Waals surface area contributed by atoms with Crippen molar-refractivity contribution in [1.29, 1.82) is 0 Å². The maximum absolute atomic E-state index is 14.6. The normalized spacial score (nSPS) is 12.7. The van der Waals surface area contributed by atoms with Crippen LogP contribution in [0.4, 0.5) is 5.69 Å². The van der Waals surface area contributed by atoms with Crippen LogP contribution >= 0.6 is 27.5 Å². The molecule has 0 aliphatic carbocycles. The maximum atomic E-state index is 14.6. The lowest BCUT2D eigenvalue weighted by Crippen LogP contribution is -2.54. The predicted octanol–water partition coefficient (Wildman–Crippen LogP) is 7.47. The second-order valence-electron chi connectivity index (χ2n) is 11.4. The van der Waals surface area contributed by atoms with Crippen LogP contribution in [0.15, 0.2) is 106 Å². The summed E-state index contributed by atoms with van der Waals surface area (Å²) < 4.78 is 30.4. The van der Waals surface area contributed by atoms with Gasteiger partial charge in [0.1, 0.15) is 12.6 Å². The molecule has 7 nitrogen and oxygen atoms in total. The second-order valence-corrected chi connectivity index (χ2v) is 14.6. The monoisotopic (exact) mass is 723 g/mol. The summed E-state index contributed by atoms with van der Waals surface area (Å²) in [6.07, 6.45) is 0.958. The van der Waals surface area contributed by atoms with Gasteiger partial charge in [-0.1, -0.05) is 83.0 Å². The van der Waals surface area contributed by atoms with Crippen molar-refractivity contribution < 1.29 is 18.0 Å². The molecular weight excluding hydrogens is 686 g/mol. The molecular formula is C36H39BrClN3O4S. The van der Waals surface area contributed by atoms with Crippen LogP contribution in [0, 0.1) is 13.8 Å². The summed E-state index contributed by atoms with van der Waals surface area (Å²) in [6.45, 7) is 7.28. The number of nitrogens with zero attached hydrogens (tertiary/aromatic N) is 2. The van der Waals surface area contributed by atoms with Gasteiger partial charge < -0.3 is 10.2 Å². The highest BCUT2D eigenvalue weighted by Crippen LogP contribution is 2.28. The zero-order valence-electron chi connectivity index (χ0n) is 26.4. The van der Waals surface area contributed by atoms with E-state index in [-0.39, 0.29) is 29.8 Å². The number of benzene rings is 4. The summed E-state index contributed by atoms with van der Waals surface area (Å²) in [7, 11) is -4.22. The number of halogens is 2. The summed E-state index contributed by atoms with van der Waals surface area (Å²) in [6, 6.07) is 27.1. The van der Waals surface area contributed by atoms with E-state index >= 15 is 0 Å². The van der Waals surface area contributed by atoms with E-state index in [9.17, 15) is 18.0 Å². The van der Waals surface area contributed by atoms with Crippen LogP contribution in [0.1, 0.15) is 42.5 Å². The van der Waals surface area contributed by atoms with Gasteiger partial charge >= 0.3 is 0 Å². The third kappa shape index (κ3) is 8.99. The lowest BCUT2D eigenvalue weighted by Gasteiger charge is -2.34. The molecule has 0 aliphatic rings. The van der Waals surface area contributed by atoms with Gasteiger partial charge in [-0.15, -0.1) is 0 Å². The Morgan fingerprint density at radius 2 is 1.54 bits per heavy atom. The highest BCUT2D eigenvalue weighted by atomic mass is 79.9. The quantitative estimate of drug-likeness (QED) is 0.155. The highest BCUT2D eigenvalue weighted by molar-refractivity contribution is 9.10. The summed E-state index contributed by atoms with van der Waals surface area (Å²) in [5.74, 6) is -0.823. The Morgan fingerprint density at radius 1 is 0.870 bits per heavy atom. The first kappa shape index (κ1) is 35.2. The molecule has 0 aromatic heterocycles. The van der Waals surface area contributed by atoms with E-state index in [0.29, 0.717) is 17.1 Å². The first-order chi connectivity index (χ1) is 21.9. The minimum Gasteiger partial charge on any atom is -0.352 e. The van der Waals surface area contributed by atoms with Crippen LogP contribution in [0.3, 0.4) is 0 Å². The fourth-order valence-corrected chi connectivity index (χ4v) is 6.95. The number of amides is 2. The van der Waals surface area contributed by atoms with Crippen molar-refractivity contribution in [3.05, 3.63) is 129 Å². The van der Waals surface area contributed by atoms with E-state index in [2.05, 4.69) is 21.2 Å². The molecule has 0 radical (unpaired) electrons. The standard InChI is InChI=1S/C36H39BrClN3O4S/c1-5-27(4)39-36(43)34(22-28-10-7-6-8-11-28)40(23-29-12-9-13-30(37)21-29)35(42)24-41(32-17-14-25(2)26(3)20-32)46(44,45)33-18-15-31(38)16-19-33/h6-21,27,34H,5,22-24H2,1-4H3,(H,39,43)/t27-,34+/m1/s1.